The molecule has 27 heavy (non-hydrogen) atoms. The number of nitrogens with zero attached hydrogens (tertiary/aromatic N) is 2. The molecule has 0 saturated carbocycles. The van der Waals surface area contributed by atoms with Crippen molar-refractivity contribution in [3.8, 4) is 6.07 Å². The van der Waals surface area contributed by atoms with E-state index in [4.69, 9.17) is 5.26 Å². The van der Waals surface area contributed by atoms with Gasteiger partial charge < -0.3 is 15.1 Å². The van der Waals surface area contributed by atoms with E-state index < -0.39 is 12.1 Å². The summed E-state index contributed by atoms with van der Waals surface area (Å²) >= 11 is 0. The molecule has 0 saturated heterocycles. The van der Waals surface area contributed by atoms with Gasteiger partial charge in [-0.3, -0.25) is 4.79 Å². The lowest BCUT2D eigenvalue weighted by Crippen LogP contribution is -2.37. The summed E-state index contributed by atoms with van der Waals surface area (Å²) in [6.07, 6.45) is 0.174. The summed E-state index contributed by atoms with van der Waals surface area (Å²) in [6.45, 7) is 2.18. The number of nitriles is 1. The zero-order chi connectivity index (χ0) is 19.4. The lowest BCUT2D eigenvalue weighted by Gasteiger charge is -2.27. The predicted octanol–water partition coefficient (Wildman–Crippen LogP) is 3.40. The van der Waals surface area contributed by atoms with Crippen molar-refractivity contribution < 1.29 is 15.0 Å². The Kier molecular flexibility index (Phi) is 5.58. The van der Waals surface area contributed by atoms with Gasteiger partial charge in [0.2, 0.25) is 0 Å². The zero-order valence-electron chi connectivity index (χ0n) is 15.2. The Labute approximate surface area is 158 Å². The third kappa shape index (κ3) is 3.86. The highest BCUT2D eigenvalue weighted by Gasteiger charge is 2.41. The molecule has 0 unspecified atom stereocenters. The van der Waals surface area contributed by atoms with Crippen molar-refractivity contribution in [2.45, 2.75) is 38.5 Å². The fraction of sp³-hybridized carbons (Fsp3) is 0.273. The fourth-order valence-corrected chi connectivity index (χ4v) is 3.31. The third-order valence-corrected chi connectivity index (χ3v) is 4.89. The first-order valence-electron chi connectivity index (χ1n) is 9.01. The van der Waals surface area contributed by atoms with Crippen LogP contribution in [0, 0.1) is 11.3 Å². The van der Waals surface area contributed by atoms with Crippen LogP contribution in [0.4, 0.5) is 0 Å². The van der Waals surface area contributed by atoms with E-state index in [1.807, 2.05) is 37.3 Å². The molecule has 0 bridgehead atoms. The van der Waals surface area contributed by atoms with Gasteiger partial charge in [-0.1, -0.05) is 49.4 Å². The minimum absolute atomic E-state index is 0.0659. The largest absolute Gasteiger partial charge is 0.494 e. The molecule has 0 amide bonds. The first-order valence-corrected chi connectivity index (χ1v) is 9.01. The summed E-state index contributed by atoms with van der Waals surface area (Å²) in [5.74, 6) is -0.247. The summed E-state index contributed by atoms with van der Waals surface area (Å²) in [4.78, 5) is 14.7. The number of ketones is 1. The molecule has 3 rings (SSSR count). The maximum Gasteiger partial charge on any atom is 0.199 e. The normalized spacial score (nSPS) is 17.9. The van der Waals surface area contributed by atoms with Crippen molar-refractivity contribution in [1.82, 2.24) is 4.90 Å². The molecule has 1 heterocycles. The van der Waals surface area contributed by atoms with Gasteiger partial charge in [0.15, 0.2) is 11.7 Å². The third-order valence-electron chi connectivity index (χ3n) is 4.89. The maximum absolute atomic E-state index is 13.1. The number of rotatable bonds is 6. The molecular formula is C22H22N2O3. The summed E-state index contributed by atoms with van der Waals surface area (Å²) in [5, 5.41) is 29.9. The number of Topliss-reactive ketones (excluding diaryl/α,β-unsaturated/α-hetero) is 1. The molecular weight excluding hydrogens is 340 g/mol. The molecule has 0 aromatic heterocycles. The smallest absolute Gasteiger partial charge is 0.199 e. The molecule has 0 aliphatic carbocycles. The van der Waals surface area contributed by atoms with Crippen molar-refractivity contribution in [2.75, 3.05) is 0 Å². The van der Waals surface area contributed by atoms with Gasteiger partial charge in [-0.05, 0) is 29.7 Å². The lowest BCUT2D eigenvalue weighted by molar-refractivity contribution is -0.118. The number of benzene rings is 2. The Morgan fingerprint density at radius 3 is 2.41 bits per heavy atom. The summed E-state index contributed by atoms with van der Waals surface area (Å²) < 4.78 is 0. The second-order valence-corrected chi connectivity index (χ2v) is 6.68. The lowest BCUT2D eigenvalue weighted by atomic mass is 9.97. The average molecular weight is 362 g/mol. The van der Waals surface area contributed by atoms with Crippen LogP contribution in [0.2, 0.25) is 0 Å². The van der Waals surface area contributed by atoms with Crippen LogP contribution in [-0.2, 0) is 11.3 Å². The van der Waals surface area contributed by atoms with Crippen LogP contribution in [0.15, 0.2) is 60.5 Å². The standard InChI is InChI=1S/C22H22N2O3/c1-2-18(25)12-19-21(26)20(17-6-4-3-5-7-17)22(27)24(19)14-16-10-8-15(13-23)9-11-16/h3-11,18-19,25,27H,2,12,14H2,1H3/t18-,19-/m1/s1. The first kappa shape index (κ1) is 18.7. The van der Waals surface area contributed by atoms with Crippen LogP contribution in [-0.4, -0.2) is 33.0 Å². The molecule has 138 valence electrons. The van der Waals surface area contributed by atoms with Crippen LogP contribution in [0.3, 0.4) is 0 Å². The Morgan fingerprint density at radius 2 is 1.81 bits per heavy atom. The molecule has 0 radical (unpaired) electrons. The molecule has 2 aromatic carbocycles. The van der Waals surface area contributed by atoms with Crippen LogP contribution in [0.1, 0.15) is 36.5 Å². The fourth-order valence-electron chi connectivity index (χ4n) is 3.31. The monoisotopic (exact) mass is 362 g/mol. The molecule has 2 atom stereocenters. The van der Waals surface area contributed by atoms with Gasteiger partial charge in [0, 0.05) is 13.0 Å². The minimum Gasteiger partial charge on any atom is -0.494 e. The van der Waals surface area contributed by atoms with E-state index in [0.717, 1.165) is 5.56 Å². The molecule has 2 N–H and O–H groups in total. The van der Waals surface area contributed by atoms with Gasteiger partial charge >= 0.3 is 0 Å². The van der Waals surface area contributed by atoms with E-state index in [-0.39, 0.29) is 23.7 Å². The Hall–Kier alpha value is -3.10. The van der Waals surface area contributed by atoms with Crippen molar-refractivity contribution in [3.63, 3.8) is 0 Å². The molecule has 1 aliphatic heterocycles. The number of hydrogen-bond acceptors (Lipinski definition) is 5. The van der Waals surface area contributed by atoms with Crippen molar-refractivity contribution in [1.29, 1.82) is 5.26 Å². The summed E-state index contributed by atoms with van der Waals surface area (Å²) in [5.41, 5.74) is 2.38. The number of hydrogen-bond donors (Lipinski definition) is 2. The predicted molar refractivity (Wildman–Crippen MR) is 102 cm³/mol. The number of aliphatic hydroxyl groups excluding tert-OH is 2. The van der Waals surface area contributed by atoms with Crippen LogP contribution >= 0.6 is 0 Å². The van der Waals surface area contributed by atoms with E-state index in [0.29, 0.717) is 24.1 Å². The van der Waals surface area contributed by atoms with Crippen molar-refractivity contribution in [2.24, 2.45) is 0 Å². The number of carbonyl (C=O) groups excluding carboxylic acids is 1. The zero-order valence-corrected chi connectivity index (χ0v) is 15.2. The van der Waals surface area contributed by atoms with Gasteiger partial charge in [-0.2, -0.15) is 5.26 Å². The van der Waals surface area contributed by atoms with Gasteiger partial charge in [0.05, 0.1) is 29.4 Å². The Balaban J connectivity index is 1.95. The van der Waals surface area contributed by atoms with E-state index in [2.05, 4.69) is 6.07 Å². The quantitative estimate of drug-likeness (QED) is 0.823. The highest BCUT2D eigenvalue weighted by molar-refractivity contribution is 6.25. The van der Waals surface area contributed by atoms with Crippen LogP contribution in [0.5, 0.6) is 0 Å². The number of carbonyl (C=O) groups is 1. The second kappa shape index (κ2) is 8.07. The summed E-state index contributed by atoms with van der Waals surface area (Å²) in [7, 11) is 0. The molecule has 2 aromatic rings. The minimum atomic E-state index is -0.620. The Bertz CT molecular complexity index is 882. The number of aliphatic hydroxyl groups is 2. The van der Waals surface area contributed by atoms with Gasteiger partial charge in [-0.25, -0.2) is 0 Å². The average Bonchev–Trinajstić information content (AvgIpc) is 2.93. The van der Waals surface area contributed by atoms with E-state index in [1.54, 1.807) is 29.2 Å². The molecule has 1 aliphatic rings. The molecule has 5 heteroatoms. The Morgan fingerprint density at radius 1 is 1.15 bits per heavy atom. The van der Waals surface area contributed by atoms with Gasteiger partial charge in [-0.15, -0.1) is 0 Å². The highest BCUT2D eigenvalue weighted by Crippen LogP contribution is 2.34. The van der Waals surface area contributed by atoms with E-state index >= 15 is 0 Å². The van der Waals surface area contributed by atoms with Crippen molar-refractivity contribution in [3.05, 3.63) is 77.2 Å². The van der Waals surface area contributed by atoms with Gasteiger partial charge in [0.1, 0.15) is 0 Å². The van der Waals surface area contributed by atoms with Crippen LogP contribution in [0.25, 0.3) is 5.57 Å². The molecule has 5 nitrogen and oxygen atoms in total. The molecule has 0 spiro atoms. The van der Waals surface area contributed by atoms with Crippen molar-refractivity contribution >= 4 is 11.4 Å². The SMILES string of the molecule is CC[C@@H](O)C[C@@H]1C(=O)C(c2ccccc2)=C(O)N1Cc1ccc(C#N)cc1. The maximum atomic E-state index is 13.1. The van der Waals surface area contributed by atoms with E-state index in [9.17, 15) is 15.0 Å². The van der Waals surface area contributed by atoms with Crippen LogP contribution < -0.4 is 0 Å². The second-order valence-electron chi connectivity index (χ2n) is 6.68. The highest BCUT2D eigenvalue weighted by atomic mass is 16.3. The summed E-state index contributed by atoms with van der Waals surface area (Å²) in [6, 6.07) is 17.6. The topological polar surface area (TPSA) is 84.6 Å². The first-order chi connectivity index (χ1) is 13.0. The van der Waals surface area contributed by atoms with E-state index in [1.165, 1.54) is 0 Å². The van der Waals surface area contributed by atoms with Gasteiger partial charge in [0.25, 0.3) is 0 Å². The molecule has 0 fully saturated rings.